The van der Waals surface area contributed by atoms with Crippen LogP contribution in [0.25, 0.3) is 21.0 Å². The highest BCUT2D eigenvalue weighted by molar-refractivity contribution is 7.21. The Labute approximate surface area is 184 Å². The molecule has 0 fully saturated rings. The number of thiazole rings is 1. The lowest BCUT2D eigenvalue weighted by Crippen LogP contribution is -2.38. The van der Waals surface area contributed by atoms with Gasteiger partial charge in [0.05, 0.1) is 10.2 Å². The van der Waals surface area contributed by atoms with Crippen molar-refractivity contribution in [1.29, 1.82) is 0 Å². The summed E-state index contributed by atoms with van der Waals surface area (Å²) in [4.78, 5) is 31.7. The fourth-order valence-electron chi connectivity index (χ4n) is 3.30. The van der Waals surface area contributed by atoms with Gasteiger partial charge in [-0.15, -0.1) is 11.3 Å². The molecule has 2 aromatic heterocycles. The van der Waals surface area contributed by atoms with Gasteiger partial charge >= 0.3 is 0 Å². The maximum atomic E-state index is 13.0. The number of rotatable bonds is 7. The number of nitrogens with one attached hydrogen (secondary N) is 1. The van der Waals surface area contributed by atoms with E-state index in [1.54, 1.807) is 12.1 Å². The van der Waals surface area contributed by atoms with Crippen molar-refractivity contribution in [2.75, 3.05) is 18.4 Å². The molecule has 6 nitrogen and oxygen atoms in total. The summed E-state index contributed by atoms with van der Waals surface area (Å²) in [5, 5.41) is 3.60. The van der Waals surface area contributed by atoms with Crippen molar-refractivity contribution in [1.82, 2.24) is 9.88 Å². The van der Waals surface area contributed by atoms with E-state index in [2.05, 4.69) is 10.3 Å². The molecule has 0 aliphatic heterocycles. The molecule has 0 bridgehead atoms. The number of anilines is 1. The zero-order valence-electron chi connectivity index (χ0n) is 17.4. The number of benzene rings is 2. The van der Waals surface area contributed by atoms with Gasteiger partial charge in [-0.25, -0.2) is 4.98 Å². The lowest BCUT2D eigenvalue weighted by Gasteiger charge is -2.20. The van der Waals surface area contributed by atoms with E-state index in [1.807, 2.05) is 62.4 Å². The Morgan fingerprint density at radius 1 is 1.06 bits per heavy atom. The first-order chi connectivity index (χ1) is 15.0. The van der Waals surface area contributed by atoms with Crippen LogP contribution in [-0.4, -0.2) is 34.8 Å². The van der Waals surface area contributed by atoms with Crippen molar-refractivity contribution in [3.63, 3.8) is 0 Å². The van der Waals surface area contributed by atoms with Crippen LogP contribution < -0.4 is 5.32 Å². The quantitative estimate of drug-likeness (QED) is 0.426. The first-order valence-electron chi connectivity index (χ1n) is 10.2. The molecule has 7 heteroatoms. The Bertz CT molecular complexity index is 1190. The number of furan rings is 1. The molecule has 0 atom stereocenters. The summed E-state index contributed by atoms with van der Waals surface area (Å²) in [6, 6.07) is 18.8. The second kappa shape index (κ2) is 9.14. The number of carbonyl (C=O) groups is 2. The van der Waals surface area contributed by atoms with Gasteiger partial charge in [0, 0.05) is 12.2 Å². The number of fused-ring (bicyclic) bond motifs is 1. The van der Waals surface area contributed by atoms with E-state index in [0.29, 0.717) is 12.3 Å². The van der Waals surface area contributed by atoms with Crippen molar-refractivity contribution in [2.24, 2.45) is 0 Å². The van der Waals surface area contributed by atoms with E-state index in [1.165, 1.54) is 16.2 Å². The van der Waals surface area contributed by atoms with Gasteiger partial charge in [0.15, 0.2) is 16.5 Å². The van der Waals surface area contributed by atoms with Crippen LogP contribution in [0.15, 0.2) is 65.1 Å². The number of aryl methyl sites for hydroxylation is 1. The Kier molecular flexibility index (Phi) is 6.13. The van der Waals surface area contributed by atoms with Gasteiger partial charge in [-0.3, -0.25) is 9.59 Å². The molecular formula is C24H23N3O3S. The monoisotopic (exact) mass is 433 g/mol. The summed E-state index contributed by atoms with van der Waals surface area (Å²) in [6.07, 6.45) is 0.731. The Morgan fingerprint density at radius 3 is 2.61 bits per heavy atom. The van der Waals surface area contributed by atoms with Gasteiger partial charge in [0.2, 0.25) is 5.91 Å². The number of carbonyl (C=O) groups excluding carboxylic acids is 2. The van der Waals surface area contributed by atoms with Crippen molar-refractivity contribution in [2.45, 2.75) is 20.3 Å². The van der Waals surface area contributed by atoms with Gasteiger partial charge in [-0.2, -0.15) is 0 Å². The first-order valence-corrected chi connectivity index (χ1v) is 11.0. The van der Waals surface area contributed by atoms with E-state index in [4.69, 9.17) is 4.42 Å². The fraction of sp³-hybridized carbons (Fsp3) is 0.208. The molecule has 158 valence electrons. The fourth-order valence-corrected chi connectivity index (χ4v) is 4.23. The highest BCUT2D eigenvalue weighted by atomic mass is 32.1. The molecule has 0 aliphatic carbocycles. The van der Waals surface area contributed by atoms with Crippen LogP contribution in [0.2, 0.25) is 0 Å². The second-order valence-corrected chi connectivity index (χ2v) is 8.27. The normalized spacial score (nSPS) is 10.9. The van der Waals surface area contributed by atoms with Crippen LogP contribution in [0.3, 0.4) is 0 Å². The zero-order valence-corrected chi connectivity index (χ0v) is 18.2. The van der Waals surface area contributed by atoms with E-state index in [-0.39, 0.29) is 24.1 Å². The summed E-state index contributed by atoms with van der Waals surface area (Å²) in [5.74, 6) is 0.194. The maximum absolute atomic E-state index is 13.0. The number of para-hydroxylation sites is 2. The smallest absolute Gasteiger partial charge is 0.290 e. The van der Waals surface area contributed by atoms with E-state index in [0.717, 1.165) is 32.9 Å². The van der Waals surface area contributed by atoms with Gasteiger partial charge < -0.3 is 14.6 Å². The lowest BCUT2D eigenvalue weighted by molar-refractivity contribution is -0.116. The summed E-state index contributed by atoms with van der Waals surface area (Å²) in [5.41, 5.74) is 2.61. The molecule has 4 rings (SSSR count). The minimum Gasteiger partial charge on any atom is -0.448 e. The van der Waals surface area contributed by atoms with Crippen LogP contribution in [-0.2, 0) is 4.79 Å². The third kappa shape index (κ3) is 4.67. The van der Waals surface area contributed by atoms with Gasteiger partial charge in [0.25, 0.3) is 5.91 Å². The predicted molar refractivity (Wildman–Crippen MR) is 123 cm³/mol. The van der Waals surface area contributed by atoms with E-state index in [9.17, 15) is 9.59 Å². The summed E-state index contributed by atoms with van der Waals surface area (Å²) < 4.78 is 6.89. The molecule has 0 radical (unpaired) electrons. The molecule has 2 amide bonds. The number of amides is 2. The zero-order chi connectivity index (χ0) is 21.8. The standard InChI is InChI=1S/C24H23N3O3S/c1-3-14-27(15-22(28)25-17-9-5-4-8-16(17)2)24(29)20-13-12-19(30-20)23-26-18-10-6-7-11-21(18)31-23/h4-13H,3,14-15H2,1-2H3,(H,25,28). The number of aromatic nitrogens is 1. The van der Waals surface area contributed by atoms with Gasteiger partial charge in [0.1, 0.15) is 6.54 Å². The third-order valence-corrected chi connectivity index (χ3v) is 5.91. The molecule has 0 saturated carbocycles. The molecule has 4 aromatic rings. The number of nitrogens with zero attached hydrogens (tertiary/aromatic N) is 2. The molecule has 2 aromatic carbocycles. The average Bonchev–Trinajstić information content (AvgIpc) is 3.41. The van der Waals surface area contributed by atoms with Crippen LogP contribution in [0.4, 0.5) is 5.69 Å². The minimum absolute atomic E-state index is 0.0435. The van der Waals surface area contributed by atoms with Crippen molar-refractivity contribution in [3.8, 4) is 10.8 Å². The van der Waals surface area contributed by atoms with Crippen molar-refractivity contribution in [3.05, 3.63) is 72.0 Å². The molecule has 0 spiro atoms. The van der Waals surface area contributed by atoms with Gasteiger partial charge in [-0.05, 0) is 49.2 Å². The van der Waals surface area contributed by atoms with Crippen LogP contribution >= 0.6 is 11.3 Å². The SMILES string of the molecule is CCCN(CC(=O)Nc1ccccc1C)C(=O)c1ccc(-c2nc3ccccc3s2)o1. The summed E-state index contributed by atoms with van der Waals surface area (Å²) in [6.45, 7) is 4.31. The van der Waals surface area contributed by atoms with E-state index < -0.39 is 0 Å². The van der Waals surface area contributed by atoms with Crippen LogP contribution in [0.5, 0.6) is 0 Å². The molecule has 2 heterocycles. The number of hydrogen-bond donors (Lipinski definition) is 1. The third-order valence-electron chi connectivity index (χ3n) is 4.86. The first kappa shape index (κ1) is 20.8. The summed E-state index contributed by atoms with van der Waals surface area (Å²) in [7, 11) is 0. The predicted octanol–water partition coefficient (Wildman–Crippen LogP) is 5.36. The average molecular weight is 434 g/mol. The summed E-state index contributed by atoms with van der Waals surface area (Å²) >= 11 is 1.51. The highest BCUT2D eigenvalue weighted by Gasteiger charge is 2.22. The molecule has 31 heavy (non-hydrogen) atoms. The van der Waals surface area contributed by atoms with Crippen LogP contribution in [0.1, 0.15) is 29.5 Å². The lowest BCUT2D eigenvalue weighted by atomic mass is 10.2. The molecule has 0 aliphatic rings. The van der Waals surface area contributed by atoms with Crippen molar-refractivity contribution >= 4 is 39.1 Å². The number of hydrogen-bond acceptors (Lipinski definition) is 5. The molecule has 0 saturated heterocycles. The van der Waals surface area contributed by atoms with E-state index >= 15 is 0 Å². The highest BCUT2D eigenvalue weighted by Crippen LogP contribution is 2.31. The molecule has 0 unspecified atom stereocenters. The Morgan fingerprint density at radius 2 is 1.84 bits per heavy atom. The minimum atomic E-state index is -0.311. The van der Waals surface area contributed by atoms with Gasteiger partial charge in [-0.1, -0.05) is 37.3 Å². The molecular weight excluding hydrogens is 410 g/mol. The Balaban J connectivity index is 1.49. The Hall–Kier alpha value is -3.45. The second-order valence-electron chi connectivity index (χ2n) is 7.24. The van der Waals surface area contributed by atoms with Crippen LogP contribution in [0, 0.1) is 6.92 Å². The maximum Gasteiger partial charge on any atom is 0.290 e. The topological polar surface area (TPSA) is 75.4 Å². The molecule has 1 N–H and O–H groups in total. The largest absolute Gasteiger partial charge is 0.448 e. The van der Waals surface area contributed by atoms with Crippen molar-refractivity contribution < 1.29 is 14.0 Å².